The minimum atomic E-state index is -0.569. The number of ketones is 1. The summed E-state index contributed by atoms with van der Waals surface area (Å²) in [6.45, 7) is 3.50. The number of rotatable bonds is 6. The fourth-order valence-corrected chi connectivity index (χ4v) is 3.92. The fourth-order valence-electron chi connectivity index (χ4n) is 2.90. The molecule has 3 aromatic carbocycles. The van der Waals surface area contributed by atoms with Crippen molar-refractivity contribution >= 4 is 23.5 Å². The Bertz CT molecular complexity index is 1120. The molecule has 0 saturated heterocycles. The topological polar surface area (TPSA) is 67.2 Å². The lowest BCUT2D eigenvalue weighted by Gasteiger charge is -2.11. The molecule has 5 heteroatoms. The third kappa shape index (κ3) is 4.92. The van der Waals surface area contributed by atoms with Gasteiger partial charge in [0.15, 0.2) is 6.61 Å². The molecule has 29 heavy (non-hydrogen) atoms. The second kappa shape index (κ2) is 9.22. The van der Waals surface area contributed by atoms with Crippen LogP contribution in [0.2, 0.25) is 0 Å². The van der Waals surface area contributed by atoms with Crippen molar-refractivity contribution in [2.75, 3.05) is 6.61 Å². The minimum absolute atomic E-state index is 0.240. The maximum absolute atomic E-state index is 12.6. The quantitative estimate of drug-likeness (QED) is 0.410. The van der Waals surface area contributed by atoms with E-state index >= 15 is 0 Å². The third-order valence-electron chi connectivity index (χ3n) is 4.35. The lowest BCUT2D eigenvalue weighted by Crippen LogP contribution is -2.15. The molecule has 0 N–H and O–H groups in total. The van der Waals surface area contributed by atoms with E-state index in [4.69, 9.17) is 4.74 Å². The predicted molar refractivity (Wildman–Crippen MR) is 112 cm³/mol. The molecule has 0 bridgehead atoms. The highest BCUT2D eigenvalue weighted by molar-refractivity contribution is 7.99. The van der Waals surface area contributed by atoms with Crippen LogP contribution in [0.1, 0.15) is 37.4 Å². The molecule has 0 fully saturated rings. The molecule has 0 spiro atoms. The van der Waals surface area contributed by atoms with E-state index in [1.807, 2.05) is 44.2 Å². The first-order valence-corrected chi connectivity index (χ1v) is 9.85. The van der Waals surface area contributed by atoms with Crippen molar-refractivity contribution in [2.24, 2.45) is 0 Å². The minimum Gasteiger partial charge on any atom is -0.454 e. The summed E-state index contributed by atoms with van der Waals surface area (Å²) in [6, 6.07) is 21.9. The maximum atomic E-state index is 12.6. The number of aryl methyl sites for hydroxylation is 2. The van der Waals surface area contributed by atoms with Crippen LogP contribution in [0.15, 0.2) is 76.5 Å². The van der Waals surface area contributed by atoms with Gasteiger partial charge in [0.2, 0.25) is 5.78 Å². The number of nitrogens with zero attached hydrogens (tertiary/aromatic N) is 1. The first-order chi connectivity index (χ1) is 14.0. The van der Waals surface area contributed by atoms with Crippen molar-refractivity contribution in [3.8, 4) is 6.07 Å². The molecule has 3 rings (SSSR count). The molecular weight excluding hydrogens is 382 g/mol. The van der Waals surface area contributed by atoms with Gasteiger partial charge >= 0.3 is 5.97 Å². The zero-order chi connectivity index (χ0) is 20.8. The van der Waals surface area contributed by atoms with Crippen molar-refractivity contribution in [3.63, 3.8) is 0 Å². The monoisotopic (exact) mass is 401 g/mol. The molecule has 0 unspecified atom stereocenters. The van der Waals surface area contributed by atoms with Crippen LogP contribution in [0.4, 0.5) is 0 Å². The van der Waals surface area contributed by atoms with Gasteiger partial charge in [-0.3, -0.25) is 4.79 Å². The van der Waals surface area contributed by atoms with Gasteiger partial charge in [-0.05, 0) is 43.7 Å². The van der Waals surface area contributed by atoms with Crippen LogP contribution < -0.4 is 0 Å². The van der Waals surface area contributed by atoms with E-state index in [0.29, 0.717) is 21.6 Å². The van der Waals surface area contributed by atoms with E-state index in [9.17, 15) is 14.9 Å². The average Bonchev–Trinajstić information content (AvgIpc) is 2.72. The molecule has 0 atom stereocenters. The van der Waals surface area contributed by atoms with Crippen molar-refractivity contribution in [1.29, 1.82) is 5.26 Å². The van der Waals surface area contributed by atoms with E-state index in [0.717, 1.165) is 16.0 Å². The number of esters is 1. The maximum Gasteiger partial charge on any atom is 0.339 e. The summed E-state index contributed by atoms with van der Waals surface area (Å²) in [4.78, 5) is 26.5. The van der Waals surface area contributed by atoms with Crippen LogP contribution in [-0.4, -0.2) is 18.4 Å². The van der Waals surface area contributed by atoms with Crippen LogP contribution in [0.3, 0.4) is 0 Å². The van der Waals surface area contributed by atoms with Crippen LogP contribution in [0.25, 0.3) is 0 Å². The summed E-state index contributed by atoms with van der Waals surface area (Å²) >= 11 is 1.32. The Morgan fingerprint density at radius 3 is 2.34 bits per heavy atom. The molecule has 0 radical (unpaired) electrons. The zero-order valence-corrected chi connectivity index (χ0v) is 17.0. The molecule has 144 valence electrons. The van der Waals surface area contributed by atoms with Gasteiger partial charge in [-0.25, -0.2) is 4.79 Å². The molecule has 0 heterocycles. The van der Waals surface area contributed by atoms with E-state index in [2.05, 4.69) is 6.07 Å². The summed E-state index contributed by atoms with van der Waals surface area (Å²) in [5.41, 5.74) is 3.37. The van der Waals surface area contributed by atoms with Gasteiger partial charge in [0.1, 0.15) is 6.07 Å². The molecule has 4 nitrogen and oxygen atoms in total. The smallest absolute Gasteiger partial charge is 0.339 e. The Hall–Kier alpha value is -3.36. The Balaban J connectivity index is 1.75. The van der Waals surface area contributed by atoms with Crippen molar-refractivity contribution in [2.45, 2.75) is 23.6 Å². The van der Waals surface area contributed by atoms with Crippen molar-refractivity contribution < 1.29 is 14.3 Å². The van der Waals surface area contributed by atoms with Gasteiger partial charge in [-0.2, -0.15) is 5.26 Å². The standard InChI is InChI=1S/C24H19NO3S/c1-16-11-12-19(17(2)13-16)21(26)15-28-24(27)20-8-4-6-10-23(20)29-22-9-5-3-7-18(22)14-25/h3-13H,15H2,1-2H3. The summed E-state index contributed by atoms with van der Waals surface area (Å²) in [7, 11) is 0. The fraction of sp³-hybridized carbons (Fsp3) is 0.125. The Kier molecular flexibility index (Phi) is 6.48. The van der Waals surface area contributed by atoms with Gasteiger partial charge < -0.3 is 4.74 Å². The highest BCUT2D eigenvalue weighted by Crippen LogP contribution is 2.32. The molecule has 0 aromatic heterocycles. The predicted octanol–water partition coefficient (Wildman–Crippen LogP) is 5.37. The molecule has 3 aromatic rings. The molecule has 0 aliphatic rings. The number of carbonyl (C=O) groups is 2. The molecular formula is C24H19NO3S. The number of carbonyl (C=O) groups excluding carboxylic acids is 2. The van der Waals surface area contributed by atoms with Crippen LogP contribution in [0.5, 0.6) is 0 Å². The van der Waals surface area contributed by atoms with E-state index in [1.165, 1.54) is 11.8 Å². The lowest BCUT2D eigenvalue weighted by molar-refractivity contribution is 0.0471. The zero-order valence-electron chi connectivity index (χ0n) is 16.1. The van der Waals surface area contributed by atoms with Gasteiger partial charge in [-0.1, -0.05) is 59.8 Å². The molecule has 0 amide bonds. The Morgan fingerprint density at radius 2 is 1.62 bits per heavy atom. The molecule has 0 aliphatic heterocycles. The van der Waals surface area contributed by atoms with E-state index in [1.54, 1.807) is 36.4 Å². The van der Waals surface area contributed by atoms with E-state index in [-0.39, 0.29) is 12.4 Å². The summed E-state index contributed by atoms with van der Waals surface area (Å²) in [5, 5.41) is 9.28. The number of benzene rings is 3. The third-order valence-corrected chi connectivity index (χ3v) is 5.50. The average molecular weight is 401 g/mol. The van der Waals surface area contributed by atoms with Gasteiger partial charge in [-0.15, -0.1) is 0 Å². The van der Waals surface area contributed by atoms with Gasteiger partial charge in [0.25, 0.3) is 0 Å². The normalized spacial score (nSPS) is 10.2. The SMILES string of the molecule is Cc1ccc(C(=O)COC(=O)c2ccccc2Sc2ccccc2C#N)c(C)c1. The largest absolute Gasteiger partial charge is 0.454 e. The summed E-state index contributed by atoms with van der Waals surface area (Å²) in [5.74, 6) is -0.809. The number of ether oxygens (including phenoxy) is 1. The number of Topliss-reactive ketones (excluding diaryl/α,β-unsaturated/α-hetero) is 1. The first kappa shape index (κ1) is 20.4. The molecule has 0 aliphatic carbocycles. The molecule has 0 saturated carbocycles. The highest BCUT2D eigenvalue weighted by atomic mass is 32.2. The summed E-state index contributed by atoms with van der Waals surface area (Å²) < 4.78 is 5.30. The second-order valence-corrected chi connectivity index (χ2v) is 7.61. The van der Waals surface area contributed by atoms with Crippen molar-refractivity contribution in [3.05, 3.63) is 94.5 Å². The van der Waals surface area contributed by atoms with Gasteiger partial charge in [0, 0.05) is 15.4 Å². The van der Waals surface area contributed by atoms with Crippen LogP contribution in [-0.2, 0) is 4.74 Å². The lowest BCUT2D eigenvalue weighted by atomic mass is 10.0. The Morgan fingerprint density at radius 1 is 0.931 bits per heavy atom. The Labute approximate surface area is 174 Å². The number of nitriles is 1. The van der Waals surface area contributed by atoms with Gasteiger partial charge in [0.05, 0.1) is 11.1 Å². The number of hydrogen-bond acceptors (Lipinski definition) is 5. The van der Waals surface area contributed by atoms with E-state index < -0.39 is 5.97 Å². The van der Waals surface area contributed by atoms with Crippen LogP contribution >= 0.6 is 11.8 Å². The van der Waals surface area contributed by atoms with Crippen LogP contribution in [0, 0.1) is 25.2 Å². The van der Waals surface area contributed by atoms with Crippen molar-refractivity contribution in [1.82, 2.24) is 0 Å². The number of hydrogen-bond donors (Lipinski definition) is 0. The summed E-state index contributed by atoms with van der Waals surface area (Å²) in [6.07, 6.45) is 0. The highest BCUT2D eigenvalue weighted by Gasteiger charge is 2.17. The second-order valence-electron chi connectivity index (χ2n) is 6.52. The first-order valence-electron chi connectivity index (χ1n) is 9.03.